The quantitative estimate of drug-likeness (QED) is 0.555. The highest BCUT2D eigenvalue weighted by atomic mass is 35.5. The minimum absolute atomic E-state index is 0.101. The monoisotopic (exact) mass is 473 g/mol. The summed E-state index contributed by atoms with van der Waals surface area (Å²) >= 11 is 6.05. The largest absolute Gasteiger partial charge is 0.326 e. The smallest absolute Gasteiger partial charge is 0.266 e. The number of aromatic nitrogens is 1. The van der Waals surface area contributed by atoms with Gasteiger partial charge in [0.15, 0.2) is 0 Å². The SMILES string of the molecule is CC(C)(C)CC(=O)Nc1ccc(CC(=O)NS(=O)(=O)c2cc(Cl)cc3cccnc23)cc1. The normalized spacial score (nSPS) is 11.9. The van der Waals surface area contributed by atoms with Gasteiger partial charge in [-0.15, -0.1) is 0 Å². The lowest BCUT2D eigenvalue weighted by molar-refractivity contribution is -0.119. The van der Waals surface area contributed by atoms with E-state index in [1.807, 2.05) is 20.8 Å². The Morgan fingerprint density at radius 2 is 1.72 bits per heavy atom. The van der Waals surface area contributed by atoms with Crippen LogP contribution in [0.3, 0.4) is 0 Å². The van der Waals surface area contributed by atoms with E-state index in [0.717, 1.165) is 0 Å². The molecule has 2 amide bonds. The van der Waals surface area contributed by atoms with E-state index in [1.165, 1.54) is 12.3 Å². The summed E-state index contributed by atoms with van der Waals surface area (Å²) in [5, 5.41) is 3.58. The molecule has 2 aromatic carbocycles. The molecule has 0 radical (unpaired) electrons. The van der Waals surface area contributed by atoms with Crippen molar-refractivity contribution in [3.63, 3.8) is 0 Å². The molecular weight excluding hydrogens is 450 g/mol. The second-order valence-electron chi connectivity index (χ2n) is 8.67. The topological polar surface area (TPSA) is 105 Å². The van der Waals surface area contributed by atoms with E-state index in [9.17, 15) is 18.0 Å². The lowest BCUT2D eigenvalue weighted by Crippen LogP contribution is -2.32. The molecule has 32 heavy (non-hydrogen) atoms. The highest BCUT2D eigenvalue weighted by molar-refractivity contribution is 7.90. The molecule has 0 saturated heterocycles. The first kappa shape index (κ1) is 23.7. The van der Waals surface area contributed by atoms with Crippen LogP contribution in [0.2, 0.25) is 5.02 Å². The van der Waals surface area contributed by atoms with Gasteiger partial charge in [0.2, 0.25) is 11.8 Å². The number of amides is 2. The van der Waals surface area contributed by atoms with Crippen molar-refractivity contribution in [3.05, 3.63) is 65.3 Å². The maximum Gasteiger partial charge on any atom is 0.266 e. The highest BCUT2D eigenvalue weighted by Crippen LogP contribution is 2.26. The van der Waals surface area contributed by atoms with Gasteiger partial charge >= 0.3 is 0 Å². The van der Waals surface area contributed by atoms with Crippen molar-refractivity contribution in [2.24, 2.45) is 5.41 Å². The van der Waals surface area contributed by atoms with Crippen LogP contribution in [0.4, 0.5) is 5.69 Å². The van der Waals surface area contributed by atoms with Crippen molar-refractivity contribution in [3.8, 4) is 0 Å². The van der Waals surface area contributed by atoms with Gasteiger partial charge in [-0.3, -0.25) is 14.6 Å². The Balaban J connectivity index is 1.69. The number of sulfonamides is 1. The number of carbonyl (C=O) groups excluding carboxylic acids is 2. The van der Waals surface area contributed by atoms with E-state index in [0.29, 0.717) is 23.1 Å². The number of nitrogens with one attached hydrogen (secondary N) is 2. The van der Waals surface area contributed by atoms with Gasteiger partial charge in [-0.2, -0.15) is 0 Å². The van der Waals surface area contributed by atoms with E-state index in [-0.39, 0.29) is 33.2 Å². The number of benzene rings is 2. The zero-order valence-electron chi connectivity index (χ0n) is 18.0. The number of hydrogen-bond acceptors (Lipinski definition) is 5. The van der Waals surface area contributed by atoms with E-state index >= 15 is 0 Å². The first-order valence-electron chi connectivity index (χ1n) is 9.92. The molecule has 0 saturated carbocycles. The third-order valence-electron chi connectivity index (χ3n) is 4.47. The summed E-state index contributed by atoms with van der Waals surface area (Å²) in [6.07, 6.45) is 1.70. The average molecular weight is 474 g/mol. The predicted molar refractivity (Wildman–Crippen MR) is 125 cm³/mol. The molecule has 0 spiro atoms. The lowest BCUT2D eigenvalue weighted by atomic mass is 9.92. The highest BCUT2D eigenvalue weighted by Gasteiger charge is 2.22. The van der Waals surface area contributed by atoms with E-state index in [2.05, 4.69) is 15.0 Å². The minimum atomic E-state index is -4.17. The molecule has 0 aliphatic heterocycles. The van der Waals surface area contributed by atoms with Crippen LogP contribution in [0.1, 0.15) is 32.8 Å². The first-order valence-corrected chi connectivity index (χ1v) is 11.8. The number of halogens is 1. The fourth-order valence-corrected chi connectivity index (χ4v) is 4.63. The second-order valence-corrected chi connectivity index (χ2v) is 10.8. The van der Waals surface area contributed by atoms with Crippen molar-refractivity contribution >= 4 is 50.0 Å². The van der Waals surface area contributed by atoms with Gasteiger partial charge in [-0.25, -0.2) is 13.1 Å². The zero-order valence-corrected chi connectivity index (χ0v) is 19.5. The van der Waals surface area contributed by atoms with Crippen LogP contribution in [0.25, 0.3) is 10.9 Å². The molecule has 168 valence electrons. The van der Waals surface area contributed by atoms with Crippen molar-refractivity contribution < 1.29 is 18.0 Å². The maximum atomic E-state index is 12.8. The molecule has 0 aliphatic rings. The Kier molecular flexibility index (Phi) is 6.85. The molecular formula is C23H24ClN3O4S. The van der Waals surface area contributed by atoms with Crippen molar-refractivity contribution in [1.29, 1.82) is 0 Å². The Morgan fingerprint density at radius 3 is 2.38 bits per heavy atom. The molecule has 1 heterocycles. The predicted octanol–water partition coefficient (Wildman–Crippen LogP) is 4.31. The number of fused-ring (bicyclic) bond motifs is 1. The summed E-state index contributed by atoms with van der Waals surface area (Å²) in [4.78, 5) is 28.4. The van der Waals surface area contributed by atoms with Gasteiger partial charge in [0.05, 0.1) is 11.9 Å². The zero-order chi connectivity index (χ0) is 23.5. The van der Waals surface area contributed by atoms with Gasteiger partial charge in [-0.1, -0.05) is 50.6 Å². The number of rotatable bonds is 6. The number of hydrogen-bond donors (Lipinski definition) is 2. The fourth-order valence-electron chi connectivity index (χ4n) is 3.15. The average Bonchev–Trinajstić information content (AvgIpc) is 2.67. The van der Waals surface area contributed by atoms with Crippen LogP contribution >= 0.6 is 11.6 Å². The molecule has 9 heteroatoms. The van der Waals surface area contributed by atoms with Gasteiger partial charge in [0, 0.05) is 28.7 Å². The third kappa shape index (κ3) is 6.27. The molecule has 7 nitrogen and oxygen atoms in total. The van der Waals surface area contributed by atoms with E-state index in [4.69, 9.17) is 11.6 Å². The summed E-state index contributed by atoms with van der Waals surface area (Å²) in [7, 11) is -4.17. The fraction of sp³-hybridized carbons (Fsp3) is 0.261. The van der Waals surface area contributed by atoms with E-state index < -0.39 is 15.9 Å². The molecule has 3 aromatic rings. The summed E-state index contributed by atoms with van der Waals surface area (Å²) in [5.74, 6) is -0.796. The summed E-state index contributed by atoms with van der Waals surface area (Å²) in [6, 6.07) is 12.9. The molecule has 1 aromatic heterocycles. The standard InChI is InChI=1S/C23H24ClN3O4S/c1-23(2,3)14-21(29)26-18-8-6-15(7-9-18)11-20(28)27-32(30,31)19-13-17(24)12-16-5-4-10-25-22(16)19/h4-10,12-13H,11,14H2,1-3H3,(H,26,29)(H,27,28). The van der Waals surface area contributed by atoms with Crippen molar-refractivity contribution in [2.45, 2.75) is 38.5 Å². The Hall–Kier alpha value is -2.97. The van der Waals surface area contributed by atoms with Gasteiger partial charge in [0.25, 0.3) is 10.0 Å². The van der Waals surface area contributed by atoms with Crippen LogP contribution in [0.5, 0.6) is 0 Å². The van der Waals surface area contributed by atoms with Gasteiger partial charge in [-0.05, 0) is 41.3 Å². The Labute approximate surface area is 192 Å². The molecule has 0 atom stereocenters. The summed E-state index contributed by atoms with van der Waals surface area (Å²) in [5.41, 5.74) is 1.30. The van der Waals surface area contributed by atoms with E-state index in [1.54, 1.807) is 42.5 Å². The third-order valence-corrected chi connectivity index (χ3v) is 6.07. The van der Waals surface area contributed by atoms with Crippen LogP contribution in [0.15, 0.2) is 59.6 Å². The van der Waals surface area contributed by atoms with Crippen LogP contribution in [-0.2, 0) is 26.0 Å². The van der Waals surface area contributed by atoms with Gasteiger partial charge < -0.3 is 5.32 Å². The minimum Gasteiger partial charge on any atom is -0.326 e. The molecule has 0 aliphatic carbocycles. The summed E-state index contributed by atoms with van der Waals surface area (Å²) in [6.45, 7) is 5.93. The van der Waals surface area contributed by atoms with Crippen molar-refractivity contribution in [2.75, 3.05) is 5.32 Å². The van der Waals surface area contributed by atoms with Crippen LogP contribution in [-0.4, -0.2) is 25.2 Å². The van der Waals surface area contributed by atoms with Crippen LogP contribution < -0.4 is 10.0 Å². The molecule has 0 fully saturated rings. The molecule has 0 bridgehead atoms. The molecule has 0 unspecified atom stereocenters. The molecule has 3 rings (SSSR count). The Bertz CT molecular complexity index is 1270. The maximum absolute atomic E-state index is 12.8. The van der Waals surface area contributed by atoms with Crippen molar-refractivity contribution in [1.82, 2.24) is 9.71 Å². The number of carbonyl (C=O) groups is 2. The van der Waals surface area contributed by atoms with Crippen LogP contribution in [0, 0.1) is 5.41 Å². The number of anilines is 1. The lowest BCUT2D eigenvalue weighted by Gasteiger charge is -2.17. The number of pyridine rings is 1. The molecule has 2 N–H and O–H groups in total. The Morgan fingerprint density at radius 1 is 1.03 bits per heavy atom. The number of nitrogens with zero attached hydrogens (tertiary/aromatic N) is 1. The first-order chi connectivity index (χ1) is 14.9. The van der Waals surface area contributed by atoms with Gasteiger partial charge in [0.1, 0.15) is 4.90 Å². The summed E-state index contributed by atoms with van der Waals surface area (Å²) < 4.78 is 27.7. The second kappa shape index (κ2) is 9.26.